The SMILES string of the molecule is CC(N)C([PH](=O)O)C(C(=O)O)(C(=O)[C@H](C)N)C(=O)[C@H](C)N. The topological polar surface area (TPSA) is 187 Å². The Kier molecular flexibility index (Phi) is 6.85. The molecule has 5 atom stereocenters. The molecule has 0 fully saturated rings. The lowest BCUT2D eigenvalue weighted by Gasteiger charge is -2.36. The van der Waals surface area contributed by atoms with Crippen LogP contribution in [0.1, 0.15) is 20.8 Å². The van der Waals surface area contributed by atoms with Crippen LogP contribution in [0.15, 0.2) is 0 Å². The number of carboxylic acid groups (broad SMARTS) is 1. The minimum atomic E-state index is -3.64. The number of nitrogens with two attached hydrogens (primary N) is 3. The second-order valence-corrected chi connectivity index (χ2v) is 6.39. The van der Waals surface area contributed by atoms with Crippen LogP contribution in [0.2, 0.25) is 0 Å². The Morgan fingerprint density at radius 3 is 1.48 bits per heavy atom. The number of Topliss-reactive ketones (excluding diaryl/α,β-unsaturated/α-hetero) is 2. The first-order valence-electron chi connectivity index (χ1n) is 6.23. The van der Waals surface area contributed by atoms with Crippen LogP contribution >= 0.6 is 8.03 Å². The summed E-state index contributed by atoms with van der Waals surface area (Å²) in [6.45, 7) is 3.60. The maximum absolute atomic E-state index is 12.3. The van der Waals surface area contributed by atoms with Crippen molar-refractivity contribution in [2.75, 3.05) is 0 Å². The van der Waals surface area contributed by atoms with E-state index < -0.39 is 54.8 Å². The molecule has 0 aliphatic rings. The second-order valence-electron chi connectivity index (χ2n) is 5.09. The van der Waals surface area contributed by atoms with Gasteiger partial charge in [-0.3, -0.25) is 18.9 Å². The Balaban J connectivity index is 6.56. The molecule has 8 N–H and O–H groups in total. The fourth-order valence-corrected chi connectivity index (χ4v) is 3.52. The first-order chi connectivity index (χ1) is 9.42. The highest BCUT2D eigenvalue weighted by molar-refractivity contribution is 7.39. The van der Waals surface area contributed by atoms with E-state index in [4.69, 9.17) is 17.2 Å². The van der Waals surface area contributed by atoms with Gasteiger partial charge in [0.25, 0.3) is 0 Å². The van der Waals surface area contributed by atoms with E-state index >= 15 is 0 Å². The summed E-state index contributed by atoms with van der Waals surface area (Å²) in [6.07, 6.45) is 0. The second kappa shape index (κ2) is 7.24. The summed E-state index contributed by atoms with van der Waals surface area (Å²) in [7, 11) is -3.64. The maximum Gasteiger partial charge on any atom is 0.325 e. The van der Waals surface area contributed by atoms with Gasteiger partial charge in [-0.1, -0.05) is 0 Å². The molecule has 0 rings (SSSR count). The molecule has 0 aromatic carbocycles. The first kappa shape index (κ1) is 19.9. The Morgan fingerprint density at radius 1 is 1.00 bits per heavy atom. The summed E-state index contributed by atoms with van der Waals surface area (Å²) in [4.78, 5) is 45.8. The van der Waals surface area contributed by atoms with E-state index in [9.17, 15) is 28.9 Å². The van der Waals surface area contributed by atoms with Crippen LogP contribution in [0.5, 0.6) is 0 Å². The maximum atomic E-state index is 12.3. The summed E-state index contributed by atoms with van der Waals surface area (Å²) in [5.41, 5.74) is 11.8. The summed E-state index contributed by atoms with van der Waals surface area (Å²) in [6, 6.07) is -3.89. The number of ketones is 2. The number of rotatable bonds is 8. The van der Waals surface area contributed by atoms with Gasteiger partial charge in [-0.2, -0.15) is 0 Å². The lowest BCUT2D eigenvalue weighted by molar-refractivity contribution is -0.161. The number of carbonyl (C=O) groups excluding carboxylic acids is 2. The Morgan fingerprint density at radius 2 is 1.33 bits per heavy atom. The molecule has 9 nitrogen and oxygen atoms in total. The number of hydrogen-bond acceptors (Lipinski definition) is 7. The molecule has 0 aliphatic heterocycles. The van der Waals surface area contributed by atoms with Gasteiger partial charge in [-0.05, 0) is 20.8 Å². The quantitative estimate of drug-likeness (QED) is 0.250. The Labute approximate surface area is 122 Å². The average Bonchev–Trinajstić information content (AvgIpc) is 2.31. The zero-order chi connectivity index (χ0) is 17.1. The zero-order valence-electron chi connectivity index (χ0n) is 12.1. The third kappa shape index (κ3) is 3.56. The van der Waals surface area contributed by atoms with Gasteiger partial charge in [-0.25, -0.2) is 0 Å². The number of carboxylic acids is 1. The van der Waals surface area contributed by atoms with Crippen molar-refractivity contribution in [2.45, 2.75) is 44.6 Å². The lowest BCUT2D eigenvalue weighted by atomic mass is 9.70. The normalized spacial score (nSPS) is 19.2. The van der Waals surface area contributed by atoms with Crippen molar-refractivity contribution in [1.82, 2.24) is 0 Å². The zero-order valence-corrected chi connectivity index (χ0v) is 13.1. The van der Waals surface area contributed by atoms with Crippen LogP contribution in [-0.2, 0) is 18.9 Å². The van der Waals surface area contributed by atoms with Gasteiger partial charge in [0.1, 0.15) is 0 Å². The van der Waals surface area contributed by atoms with Crippen LogP contribution in [-0.4, -0.2) is 51.3 Å². The molecule has 0 aromatic rings. The van der Waals surface area contributed by atoms with Crippen molar-refractivity contribution >= 4 is 25.6 Å². The van der Waals surface area contributed by atoms with E-state index in [1.165, 1.54) is 20.8 Å². The molecule has 21 heavy (non-hydrogen) atoms. The van der Waals surface area contributed by atoms with Gasteiger partial charge in [0.15, 0.2) is 25.0 Å². The summed E-state index contributed by atoms with van der Waals surface area (Å²) >= 11 is 0. The molecule has 10 heteroatoms. The molecule has 3 unspecified atom stereocenters. The molecular formula is C11H22N3O6P. The smallest absolute Gasteiger partial charge is 0.325 e. The molecular weight excluding hydrogens is 301 g/mol. The molecule has 0 aliphatic carbocycles. The average molecular weight is 323 g/mol. The van der Waals surface area contributed by atoms with Crippen molar-refractivity contribution in [3.8, 4) is 0 Å². The molecule has 122 valence electrons. The first-order valence-corrected chi connectivity index (χ1v) is 7.67. The highest BCUT2D eigenvalue weighted by Crippen LogP contribution is 2.42. The van der Waals surface area contributed by atoms with E-state index in [0.717, 1.165) is 0 Å². The van der Waals surface area contributed by atoms with Crippen LogP contribution in [0.25, 0.3) is 0 Å². The molecule has 0 spiro atoms. The highest BCUT2D eigenvalue weighted by Gasteiger charge is 2.62. The minimum Gasteiger partial charge on any atom is -0.480 e. The molecule has 0 bridgehead atoms. The van der Waals surface area contributed by atoms with Crippen molar-refractivity contribution in [3.63, 3.8) is 0 Å². The molecule has 0 saturated heterocycles. The standard InChI is InChI=1S/C11H22N3O6P/c1-4(12)7(15)11(10(17)18,8(16)5(2)13)9(6(3)14)21(19)20/h4-6,9,21H,12-14H2,1-3H3,(H,17,18)(H,19,20)/t4-,5-,6?,9?/m0/s1. The lowest BCUT2D eigenvalue weighted by Crippen LogP contribution is -2.64. The molecule has 0 saturated carbocycles. The molecule has 0 amide bonds. The largest absolute Gasteiger partial charge is 0.480 e. The van der Waals surface area contributed by atoms with E-state index in [-0.39, 0.29) is 0 Å². The van der Waals surface area contributed by atoms with Crippen molar-refractivity contribution in [2.24, 2.45) is 22.6 Å². The molecule has 0 heterocycles. The third-order valence-corrected chi connectivity index (χ3v) is 4.69. The van der Waals surface area contributed by atoms with Gasteiger partial charge >= 0.3 is 5.97 Å². The fraction of sp³-hybridized carbons (Fsp3) is 0.727. The Hall–Kier alpha value is -1.12. The van der Waals surface area contributed by atoms with E-state index in [1.54, 1.807) is 0 Å². The monoisotopic (exact) mass is 323 g/mol. The van der Waals surface area contributed by atoms with Crippen LogP contribution in [0.3, 0.4) is 0 Å². The predicted octanol–water partition coefficient (Wildman–Crippen LogP) is -1.93. The fourth-order valence-electron chi connectivity index (χ4n) is 2.29. The van der Waals surface area contributed by atoms with Crippen LogP contribution < -0.4 is 17.2 Å². The van der Waals surface area contributed by atoms with E-state index in [2.05, 4.69) is 0 Å². The number of carbonyl (C=O) groups is 3. The summed E-state index contributed by atoms with van der Waals surface area (Å²) in [5.74, 6) is -4.25. The van der Waals surface area contributed by atoms with Crippen LogP contribution in [0.4, 0.5) is 0 Å². The van der Waals surface area contributed by atoms with E-state index in [0.29, 0.717) is 0 Å². The van der Waals surface area contributed by atoms with Crippen LogP contribution in [0, 0.1) is 5.41 Å². The molecule has 0 aromatic heterocycles. The highest BCUT2D eigenvalue weighted by atomic mass is 31.1. The number of aliphatic carboxylic acids is 1. The summed E-state index contributed by atoms with van der Waals surface area (Å²) in [5, 5.41) is 9.49. The van der Waals surface area contributed by atoms with Gasteiger partial charge in [0.05, 0.1) is 17.7 Å². The van der Waals surface area contributed by atoms with Gasteiger partial charge in [0, 0.05) is 6.04 Å². The molecule has 0 radical (unpaired) electrons. The number of hydrogen-bond donors (Lipinski definition) is 5. The summed E-state index contributed by atoms with van der Waals surface area (Å²) < 4.78 is 11.6. The van der Waals surface area contributed by atoms with Gasteiger partial charge < -0.3 is 27.2 Å². The third-order valence-electron chi connectivity index (χ3n) is 3.20. The van der Waals surface area contributed by atoms with Gasteiger partial charge in [-0.15, -0.1) is 0 Å². The van der Waals surface area contributed by atoms with Crippen molar-refractivity contribution in [3.05, 3.63) is 0 Å². The van der Waals surface area contributed by atoms with Crippen molar-refractivity contribution < 1.29 is 28.9 Å². The van der Waals surface area contributed by atoms with Crippen molar-refractivity contribution in [1.29, 1.82) is 0 Å². The Bertz CT molecular complexity index is 443. The predicted molar refractivity (Wildman–Crippen MR) is 76.0 cm³/mol. The van der Waals surface area contributed by atoms with E-state index in [1.807, 2.05) is 0 Å². The van der Waals surface area contributed by atoms with Gasteiger partial charge in [0.2, 0.25) is 0 Å². The minimum absolute atomic E-state index is 1.18.